The van der Waals surface area contributed by atoms with Crippen LogP contribution < -0.4 is 10.6 Å². The van der Waals surface area contributed by atoms with Crippen LogP contribution in [0.25, 0.3) is 0 Å². The summed E-state index contributed by atoms with van der Waals surface area (Å²) in [7, 11) is 0. The van der Waals surface area contributed by atoms with E-state index in [0.717, 1.165) is 31.0 Å². The summed E-state index contributed by atoms with van der Waals surface area (Å²) < 4.78 is 0. The molecule has 0 aliphatic carbocycles. The summed E-state index contributed by atoms with van der Waals surface area (Å²) in [5, 5.41) is 1.13. The third-order valence-electron chi connectivity index (χ3n) is 3.39. The van der Waals surface area contributed by atoms with Crippen molar-refractivity contribution in [1.29, 1.82) is 0 Å². The summed E-state index contributed by atoms with van der Waals surface area (Å²) in [4.78, 5) is 6.48. The number of fused-ring (bicyclic) bond motifs is 1. The Morgan fingerprint density at radius 1 is 1.26 bits per heavy atom. The van der Waals surface area contributed by atoms with E-state index in [1.54, 1.807) is 12.3 Å². The Morgan fingerprint density at radius 3 is 2.89 bits per heavy atom. The molecule has 0 spiro atoms. The van der Waals surface area contributed by atoms with Gasteiger partial charge in [-0.25, -0.2) is 4.98 Å². The number of aromatic nitrogens is 1. The molecule has 3 nitrogen and oxygen atoms in total. The second kappa shape index (κ2) is 4.91. The van der Waals surface area contributed by atoms with Gasteiger partial charge in [0.25, 0.3) is 0 Å². The van der Waals surface area contributed by atoms with E-state index >= 15 is 0 Å². The summed E-state index contributed by atoms with van der Waals surface area (Å²) in [5.74, 6) is 0.777. The van der Waals surface area contributed by atoms with Gasteiger partial charge in [-0.2, -0.15) is 0 Å². The van der Waals surface area contributed by atoms with Crippen LogP contribution in [0.4, 0.5) is 11.5 Å². The van der Waals surface area contributed by atoms with Crippen molar-refractivity contribution in [2.45, 2.75) is 13.0 Å². The van der Waals surface area contributed by atoms with Crippen LogP contribution in [-0.2, 0) is 13.0 Å². The highest BCUT2D eigenvalue weighted by Gasteiger charge is 2.20. The van der Waals surface area contributed by atoms with E-state index in [2.05, 4.69) is 16.0 Å². The van der Waals surface area contributed by atoms with Crippen LogP contribution in [0.15, 0.2) is 30.5 Å². The molecule has 0 fully saturated rings. The van der Waals surface area contributed by atoms with Crippen molar-refractivity contribution in [3.63, 3.8) is 0 Å². The van der Waals surface area contributed by atoms with E-state index in [4.69, 9.17) is 28.9 Å². The lowest BCUT2D eigenvalue weighted by atomic mass is 9.98. The fourth-order valence-corrected chi connectivity index (χ4v) is 2.96. The Balaban J connectivity index is 1.93. The van der Waals surface area contributed by atoms with Gasteiger partial charge in [-0.15, -0.1) is 0 Å². The lowest BCUT2D eigenvalue weighted by Crippen LogP contribution is -2.31. The standard InChI is InChI=1S/C14H13Cl2N3/c15-10-6-12(16)14(18-7-10)19-5-4-11-9(8-19)2-1-3-13(11)17/h1-3,6-7H,4-5,8,17H2. The SMILES string of the molecule is Nc1cccc2c1CCN(c1ncc(Cl)cc1Cl)C2. The van der Waals surface area contributed by atoms with Crippen molar-refractivity contribution in [1.82, 2.24) is 4.98 Å². The number of rotatable bonds is 1. The first-order valence-corrected chi connectivity index (χ1v) is 6.83. The topological polar surface area (TPSA) is 42.1 Å². The van der Waals surface area contributed by atoms with Gasteiger partial charge in [0, 0.05) is 25.0 Å². The minimum Gasteiger partial charge on any atom is -0.398 e. The van der Waals surface area contributed by atoms with Gasteiger partial charge in [-0.1, -0.05) is 35.3 Å². The second-order valence-electron chi connectivity index (χ2n) is 4.62. The molecule has 0 saturated heterocycles. The number of nitrogens with two attached hydrogens (primary N) is 1. The number of hydrogen-bond donors (Lipinski definition) is 1. The van der Waals surface area contributed by atoms with E-state index in [1.165, 1.54) is 11.1 Å². The van der Waals surface area contributed by atoms with Crippen LogP contribution in [0.1, 0.15) is 11.1 Å². The molecule has 1 aromatic carbocycles. The molecule has 2 aromatic rings. The minimum absolute atomic E-state index is 0.551. The van der Waals surface area contributed by atoms with Crippen LogP contribution in [0.5, 0.6) is 0 Å². The highest BCUT2D eigenvalue weighted by Crippen LogP contribution is 2.31. The average Bonchev–Trinajstić information content (AvgIpc) is 2.38. The van der Waals surface area contributed by atoms with Crippen LogP contribution in [0.3, 0.4) is 0 Å². The number of nitrogen functional groups attached to an aromatic ring is 1. The summed E-state index contributed by atoms with van der Waals surface area (Å²) >= 11 is 12.1. The Hall–Kier alpha value is -1.45. The van der Waals surface area contributed by atoms with Crippen molar-refractivity contribution in [2.75, 3.05) is 17.2 Å². The Morgan fingerprint density at radius 2 is 2.11 bits per heavy atom. The van der Waals surface area contributed by atoms with Gasteiger partial charge in [-0.05, 0) is 29.7 Å². The highest BCUT2D eigenvalue weighted by atomic mass is 35.5. The molecule has 0 bridgehead atoms. The Bertz CT molecular complexity index is 628. The number of benzene rings is 1. The van der Waals surface area contributed by atoms with Crippen LogP contribution >= 0.6 is 23.2 Å². The zero-order valence-electron chi connectivity index (χ0n) is 10.2. The maximum absolute atomic E-state index is 6.21. The molecule has 5 heteroatoms. The predicted octanol–water partition coefficient (Wildman–Crippen LogP) is 3.53. The van der Waals surface area contributed by atoms with E-state index in [0.29, 0.717) is 10.0 Å². The first-order valence-electron chi connectivity index (χ1n) is 6.07. The molecule has 2 heterocycles. The molecule has 19 heavy (non-hydrogen) atoms. The lowest BCUT2D eigenvalue weighted by Gasteiger charge is -2.31. The van der Waals surface area contributed by atoms with E-state index in [9.17, 15) is 0 Å². The van der Waals surface area contributed by atoms with Crippen LogP contribution in [-0.4, -0.2) is 11.5 Å². The maximum atomic E-state index is 6.21. The molecule has 1 aliphatic heterocycles. The number of pyridine rings is 1. The van der Waals surface area contributed by atoms with Gasteiger partial charge in [0.05, 0.1) is 10.0 Å². The zero-order chi connectivity index (χ0) is 13.4. The first kappa shape index (κ1) is 12.6. The van der Waals surface area contributed by atoms with Gasteiger partial charge in [-0.3, -0.25) is 0 Å². The Kier molecular flexibility index (Phi) is 3.25. The third-order valence-corrected chi connectivity index (χ3v) is 3.87. The van der Waals surface area contributed by atoms with Crippen molar-refractivity contribution in [2.24, 2.45) is 0 Å². The highest BCUT2D eigenvalue weighted by molar-refractivity contribution is 6.36. The molecule has 1 aliphatic rings. The largest absolute Gasteiger partial charge is 0.398 e. The molecule has 0 radical (unpaired) electrons. The minimum atomic E-state index is 0.551. The van der Waals surface area contributed by atoms with Gasteiger partial charge in [0.2, 0.25) is 0 Å². The summed E-state index contributed by atoms with van der Waals surface area (Å²) in [6, 6.07) is 7.75. The summed E-state index contributed by atoms with van der Waals surface area (Å²) in [6.07, 6.45) is 2.53. The fourth-order valence-electron chi connectivity index (χ4n) is 2.46. The lowest BCUT2D eigenvalue weighted by molar-refractivity contribution is 0.723. The monoisotopic (exact) mass is 293 g/mol. The van der Waals surface area contributed by atoms with E-state index in [-0.39, 0.29) is 0 Å². The summed E-state index contributed by atoms with van der Waals surface area (Å²) in [5.41, 5.74) is 9.34. The Labute approximate surface area is 122 Å². The number of anilines is 2. The van der Waals surface area contributed by atoms with Gasteiger partial charge in [0.15, 0.2) is 0 Å². The van der Waals surface area contributed by atoms with Crippen molar-refractivity contribution in [3.8, 4) is 0 Å². The maximum Gasteiger partial charge on any atom is 0.147 e. The molecule has 0 saturated carbocycles. The van der Waals surface area contributed by atoms with Gasteiger partial charge < -0.3 is 10.6 Å². The van der Waals surface area contributed by atoms with E-state index < -0.39 is 0 Å². The number of halogens is 2. The van der Waals surface area contributed by atoms with Crippen LogP contribution in [0.2, 0.25) is 10.0 Å². The van der Waals surface area contributed by atoms with E-state index in [1.807, 2.05) is 12.1 Å². The van der Waals surface area contributed by atoms with Crippen molar-refractivity contribution >= 4 is 34.7 Å². The van der Waals surface area contributed by atoms with Crippen molar-refractivity contribution < 1.29 is 0 Å². The first-order chi connectivity index (χ1) is 9.15. The molecular weight excluding hydrogens is 281 g/mol. The smallest absolute Gasteiger partial charge is 0.147 e. The van der Waals surface area contributed by atoms with Gasteiger partial charge in [0.1, 0.15) is 5.82 Å². The predicted molar refractivity (Wildman–Crippen MR) is 79.9 cm³/mol. The normalized spacial score (nSPS) is 14.3. The molecular formula is C14H13Cl2N3. The quantitative estimate of drug-likeness (QED) is 0.818. The second-order valence-corrected chi connectivity index (χ2v) is 5.46. The van der Waals surface area contributed by atoms with Crippen molar-refractivity contribution in [3.05, 3.63) is 51.6 Å². The molecule has 0 amide bonds. The molecule has 0 unspecified atom stereocenters. The van der Waals surface area contributed by atoms with Crippen LogP contribution in [0, 0.1) is 0 Å². The van der Waals surface area contributed by atoms with Gasteiger partial charge >= 0.3 is 0 Å². The average molecular weight is 294 g/mol. The molecule has 2 N–H and O–H groups in total. The molecule has 1 aromatic heterocycles. The third kappa shape index (κ3) is 2.36. The number of hydrogen-bond acceptors (Lipinski definition) is 3. The summed E-state index contributed by atoms with van der Waals surface area (Å²) in [6.45, 7) is 1.63. The number of nitrogens with zero attached hydrogens (tertiary/aromatic N) is 2. The molecule has 0 atom stereocenters. The fraction of sp³-hybridized carbons (Fsp3) is 0.214. The molecule has 3 rings (SSSR count). The molecule has 98 valence electrons. The zero-order valence-corrected chi connectivity index (χ0v) is 11.7.